The summed E-state index contributed by atoms with van der Waals surface area (Å²) < 4.78 is 4.33. The van der Waals surface area contributed by atoms with Crippen molar-refractivity contribution in [1.82, 2.24) is 19.4 Å². The Labute approximate surface area is 101 Å². The fourth-order valence-electron chi connectivity index (χ4n) is 2.00. The molecular weight excluding hydrogens is 212 g/mol. The number of nitrogens with one attached hydrogen (secondary N) is 1. The van der Waals surface area contributed by atoms with Gasteiger partial charge in [0.05, 0.1) is 6.54 Å². The molecule has 2 aromatic rings. The van der Waals surface area contributed by atoms with E-state index in [1.165, 1.54) is 18.5 Å². The van der Waals surface area contributed by atoms with Gasteiger partial charge < -0.3 is 14.5 Å². The zero-order chi connectivity index (χ0) is 11.7. The van der Waals surface area contributed by atoms with Crippen LogP contribution in [0.3, 0.4) is 0 Å². The van der Waals surface area contributed by atoms with E-state index in [2.05, 4.69) is 37.8 Å². The normalized spacial score (nSPS) is 15.4. The number of imidazole rings is 1. The molecule has 90 valence electrons. The number of aryl methyl sites for hydroxylation is 1. The van der Waals surface area contributed by atoms with Crippen LogP contribution in [0, 0.1) is 0 Å². The van der Waals surface area contributed by atoms with Crippen LogP contribution in [0.5, 0.6) is 0 Å². The van der Waals surface area contributed by atoms with E-state index in [1.54, 1.807) is 0 Å². The van der Waals surface area contributed by atoms with Crippen LogP contribution < -0.4 is 5.32 Å². The minimum atomic E-state index is 0.756. The molecule has 0 spiro atoms. The molecule has 0 amide bonds. The molecule has 1 aliphatic rings. The Bertz CT molecular complexity index is 493. The molecule has 1 aliphatic carbocycles. The van der Waals surface area contributed by atoms with Gasteiger partial charge in [-0.2, -0.15) is 0 Å². The molecule has 1 saturated carbocycles. The summed E-state index contributed by atoms with van der Waals surface area (Å²) in [5.74, 6) is 1.09. The second-order valence-electron chi connectivity index (χ2n) is 4.74. The zero-order valence-corrected chi connectivity index (χ0v) is 10.1. The molecule has 0 aliphatic heterocycles. The van der Waals surface area contributed by atoms with Crippen molar-refractivity contribution in [3.63, 3.8) is 0 Å². The van der Waals surface area contributed by atoms with E-state index < -0.39 is 0 Å². The van der Waals surface area contributed by atoms with Crippen molar-refractivity contribution in [2.24, 2.45) is 7.05 Å². The van der Waals surface area contributed by atoms with Gasteiger partial charge in [-0.1, -0.05) is 0 Å². The van der Waals surface area contributed by atoms with E-state index in [4.69, 9.17) is 0 Å². The predicted molar refractivity (Wildman–Crippen MR) is 66.6 cm³/mol. The summed E-state index contributed by atoms with van der Waals surface area (Å²) in [6, 6.07) is 5.04. The Morgan fingerprint density at radius 2 is 2.29 bits per heavy atom. The van der Waals surface area contributed by atoms with E-state index >= 15 is 0 Å². The fraction of sp³-hybridized carbons (Fsp3) is 0.462. The first-order valence-corrected chi connectivity index (χ1v) is 6.16. The molecule has 0 unspecified atom stereocenters. The highest BCUT2D eigenvalue weighted by atomic mass is 15.1. The number of hydrogen-bond donors (Lipinski definition) is 1. The largest absolute Gasteiger partial charge is 0.343 e. The molecule has 4 nitrogen and oxygen atoms in total. The Morgan fingerprint density at radius 3 is 3.00 bits per heavy atom. The molecular formula is C13H18N4. The second kappa shape index (κ2) is 4.37. The molecule has 2 heterocycles. The van der Waals surface area contributed by atoms with Crippen molar-refractivity contribution in [3.05, 3.63) is 42.2 Å². The standard InChI is InChI=1S/C13H18N4/c1-16-8-6-14-13(16)10-17-7-2-3-12(17)9-15-11-4-5-11/h2-3,6-8,11,15H,4-5,9-10H2,1H3. The average molecular weight is 230 g/mol. The number of aromatic nitrogens is 3. The van der Waals surface area contributed by atoms with Crippen LogP contribution in [0.2, 0.25) is 0 Å². The maximum absolute atomic E-state index is 4.36. The summed E-state index contributed by atoms with van der Waals surface area (Å²) in [5, 5.41) is 3.55. The predicted octanol–water partition coefficient (Wildman–Crippen LogP) is 1.52. The SMILES string of the molecule is Cn1ccnc1Cn1cccc1CNC1CC1. The van der Waals surface area contributed by atoms with Crippen LogP contribution in [-0.2, 0) is 20.1 Å². The van der Waals surface area contributed by atoms with Gasteiger partial charge in [-0.25, -0.2) is 4.98 Å². The van der Waals surface area contributed by atoms with Gasteiger partial charge in [0.25, 0.3) is 0 Å². The van der Waals surface area contributed by atoms with E-state index in [-0.39, 0.29) is 0 Å². The smallest absolute Gasteiger partial charge is 0.128 e. The van der Waals surface area contributed by atoms with Crippen LogP contribution in [0.25, 0.3) is 0 Å². The van der Waals surface area contributed by atoms with Gasteiger partial charge in [-0.3, -0.25) is 0 Å². The quantitative estimate of drug-likeness (QED) is 0.845. The van der Waals surface area contributed by atoms with Crippen molar-refractivity contribution >= 4 is 0 Å². The monoisotopic (exact) mass is 230 g/mol. The molecule has 4 heteroatoms. The Balaban J connectivity index is 1.69. The lowest BCUT2D eigenvalue weighted by Gasteiger charge is -2.09. The van der Waals surface area contributed by atoms with Gasteiger partial charge in [0.15, 0.2) is 0 Å². The van der Waals surface area contributed by atoms with Crippen molar-refractivity contribution < 1.29 is 0 Å². The van der Waals surface area contributed by atoms with Crippen molar-refractivity contribution in [1.29, 1.82) is 0 Å². The molecule has 3 rings (SSSR count). The third-order valence-electron chi connectivity index (χ3n) is 3.31. The molecule has 2 aromatic heterocycles. The Hall–Kier alpha value is -1.55. The maximum atomic E-state index is 4.36. The average Bonchev–Trinajstić information content (AvgIpc) is 2.92. The number of rotatable bonds is 5. The summed E-state index contributed by atoms with van der Waals surface area (Å²) in [6.07, 6.45) is 8.63. The Morgan fingerprint density at radius 1 is 1.41 bits per heavy atom. The van der Waals surface area contributed by atoms with E-state index in [0.29, 0.717) is 0 Å². The van der Waals surface area contributed by atoms with Crippen LogP contribution in [0.1, 0.15) is 24.4 Å². The Kier molecular flexibility index (Phi) is 2.73. The highest BCUT2D eigenvalue weighted by Gasteiger charge is 2.20. The van der Waals surface area contributed by atoms with Crippen LogP contribution in [0.15, 0.2) is 30.7 Å². The summed E-state index contributed by atoms with van der Waals surface area (Å²) >= 11 is 0. The van der Waals surface area contributed by atoms with Gasteiger partial charge in [0, 0.05) is 43.9 Å². The molecule has 0 aromatic carbocycles. The highest BCUT2D eigenvalue weighted by Crippen LogP contribution is 2.19. The van der Waals surface area contributed by atoms with Gasteiger partial charge in [0.1, 0.15) is 5.82 Å². The number of hydrogen-bond acceptors (Lipinski definition) is 2. The van der Waals surface area contributed by atoms with E-state index in [0.717, 1.165) is 25.0 Å². The second-order valence-corrected chi connectivity index (χ2v) is 4.74. The molecule has 17 heavy (non-hydrogen) atoms. The van der Waals surface area contributed by atoms with Crippen molar-refractivity contribution in [3.8, 4) is 0 Å². The molecule has 0 radical (unpaired) electrons. The minimum absolute atomic E-state index is 0.756. The van der Waals surface area contributed by atoms with Gasteiger partial charge in [0.2, 0.25) is 0 Å². The lowest BCUT2D eigenvalue weighted by atomic mass is 10.4. The van der Waals surface area contributed by atoms with E-state index in [1.807, 2.05) is 19.4 Å². The number of nitrogens with zero attached hydrogens (tertiary/aromatic N) is 3. The van der Waals surface area contributed by atoms with Gasteiger partial charge in [-0.15, -0.1) is 0 Å². The first kappa shape index (κ1) is 10.6. The fourth-order valence-corrected chi connectivity index (χ4v) is 2.00. The lowest BCUT2D eigenvalue weighted by Crippen LogP contribution is -2.18. The molecule has 1 N–H and O–H groups in total. The summed E-state index contributed by atoms with van der Waals surface area (Å²) in [4.78, 5) is 4.36. The summed E-state index contributed by atoms with van der Waals surface area (Å²) in [6.45, 7) is 1.81. The molecule has 0 saturated heterocycles. The van der Waals surface area contributed by atoms with E-state index in [9.17, 15) is 0 Å². The maximum Gasteiger partial charge on any atom is 0.128 e. The third-order valence-corrected chi connectivity index (χ3v) is 3.31. The molecule has 0 bridgehead atoms. The summed E-state index contributed by atoms with van der Waals surface area (Å²) in [5.41, 5.74) is 1.33. The topological polar surface area (TPSA) is 34.8 Å². The lowest BCUT2D eigenvalue weighted by molar-refractivity contribution is 0.616. The van der Waals surface area contributed by atoms with Gasteiger partial charge in [-0.05, 0) is 25.0 Å². The van der Waals surface area contributed by atoms with Crippen molar-refractivity contribution in [2.75, 3.05) is 0 Å². The minimum Gasteiger partial charge on any atom is -0.343 e. The van der Waals surface area contributed by atoms with Gasteiger partial charge >= 0.3 is 0 Å². The van der Waals surface area contributed by atoms with Crippen LogP contribution in [-0.4, -0.2) is 20.2 Å². The first-order valence-electron chi connectivity index (χ1n) is 6.16. The zero-order valence-electron chi connectivity index (χ0n) is 10.1. The van der Waals surface area contributed by atoms with Crippen LogP contribution in [0.4, 0.5) is 0 Å². The van der Waals surface area contributed by atoms with Crippen LogP contribution >= 0.6 is 0 Å². The molecule has 0 atom stereocenters. The summed E-state index contributed by atoms with van der Waals surface area (Å²) in [7, 11) is 2.04. The first-order chi connectivity index (χ1) is 8.33. The third kappa shape index (κ3) is 2.42. The highest BCUT2D eigenvalue weighted by molar-refractivity contribution is 5.09. The molecule has 1 fully saturated rings. The van der Waals surface area contributed by atoms with Crippen molar-refractivity contribution in [2.45, 2.75) is 32.0 Å².